The van der Waals surface area contributed by atoms with Crippen molar-refractivity contribution >= 4 is 10.2 Å². The van der Waals surface area contributed by atoms with E-state index in [-0.39, 0.29) is 12.6 Å². The van der Waals surface area contributed by atoms with E-state index in [9.17, 15) is 8.42 Å². The smallest absolute Gasteiger partial charge is 0.282 e. The second-order valence-corrected chi connectivity index (χ2v) is 6.36. The predicted molar refractivity (Wildman–Crippen MR) is 63.3 cm³/mol. The van der Waals surface area contributed by atoms with Gasteiger partial charge in [-0.2, -0.15) is 17.0 Å². The third-order valence-corrected chi connectivity index (χ3v) is 5.25. The van der Waals surface area contributed by atoms with Crippen LogP contribution in [-0.4, -0.2) is 54.9 Å². The van der Waals surface area contributed by atoms with Crippen LogP contribution in [0.4, 0.5) is 0 Å². The zero-order valence-corrected chi connectivity index (χ0v) is 10.9. The molecule has 0 aromatic carbocycles. The van der Waals surface area contributed by atoms with E-state index in [0.29, 0.717) is 13.1 Å². The number of hydrogen-bond donors (Lipinski definition) is 1. The van der Waals surface area contributed by atoms with Crippen LogP contribution in [0.1, 0.15) is 32.6 Å². The molecule has 0 aliphatic carbocycles. The molecule has 1 unspecified atom stereocenters. The van der Waals surface area contributed by atoms with Gasteiger partial charge in [-0.05, 0) is 19.8 Å². The van der Waals surface area contributed by atoms with Gasteiger partial charge in [0.25, 0.3) is 10.2 Å². The van der Waals surface area contributed by atoms with E-state index in [4.69, 9.17) is 5.11 Å². The molecule has 0 aromatic rings. The molecule has 0 bridgehead atoms. The first-order valence-electron chi connectivity index (χ1n) is 5.84. The average Bonchev–Trinajstić information content (AvgIpc) is 2.55. The molecule has 0 aromatic heterocycles. The fourth-order valence-corrected chi connectivity index (χ4v) is 3.40. The summed E-state index contributed by atoms with van der Waals surface area (Å²) in [6.07, 6.45) is 4.07. The number of rotatable bonds is 4. The molecule has 1 rings (SSSR count). The number of nitrogens with zero attached hydrogens (tertiary/aromatic N) is 2. The minimum Gasteiger partial charge on any atom is -0.395 e. The summed E-state index contributed by atoms with van der Waals surface area (Å²) in [4.78, 5) is 0. The molecule has 96 valence electrons. The first-order valence-corrected chi connectivity index (χ1v) is 7.24. The van der Waals surface area contributed by atoms with Crippen molar-refractivity contribution < 1.29 is 13.5 Å². The highest BCUT2D eigenvalue weighted by Gasteiger charge is 2.29. The second kappa shape index (κ2) is 5.95. The highest BCUT2D eigenvalue weighted by atomic mass is 32.2. The summed E-state index contributed by atoms with van der Waals surface area (Å²) in [5, 5.41) is 9.00. The van der Waals surface area contributed by atoms with Gasteiger partial charge in [-0.15, -0.1) is 0 Å². The molecular weight excluding hydrogens is 228 g/mol. The van der Waals surface area contributed by atoms with Gasteiger partial charge in [-0.1, -0.05) is 12.8 Å². The molecule has 0 amide bonds. The molecule has 0 saturated carbocycles. The lowest BCUT2D eigenvalue weighted by Crippen LogP contribution is -2.47. The SMILES string of the molecule is CC(CO)N(C)S(=O)(=O)N1CCCCCC1. The lowest BCUT2D eigenvalue weighted by molar-refractivity contribution is 0.206. The summed E-state index contributed by atoms with van der Waals surface area (Å²) in [6.45, 7) is 2.76. The van der Waals surface area contributed by atoms with Crippen molar-refractivity contribution in [1.82, 2.24) is 8.61 Å². The van der Waals surface area contributed by atoms with Gasteiger partial charge in [-0.3, -0.25) is 0 Å². The van der Waals surface area contributed by atoms with Crippen molar-refractivity contribution in [2.45, 2.75) is 38.6 Å². The fourth-order valence-electron chi connectivity index (χ4n) is 1.80. The Morgan fingerprint density at radius 3 is 2.19 bits per heavy atom. The van der Waals surface area contributed by atoms with Crippen LogP contribution in [0.5, 0.6) is 0 Å². The lowest BCUT2D eigenvalue weighted by atomic mass is 10.2. The largest absolute Gasteiger partial charge is 0.395 e. The molecule has 6 heteroatoms. The number of aliphatic hydroxyl groups excluding tert-OH is 1. The van der Waals surface area contributed by atoms with E-state index < -0.39 is 10.2 Å². The highest BCUT2D eigenvalue weighted by Crippen LogP contribution is 2.16. The average molecular weight is 250 g/mol. The number of aliphatic hydroxyl groups is 1. The Kier molecular flexibility index (Phi) is 5.17. The Morgan fingerprint density at radius 1 is 1.25 bits per heavy atom. The summed E-state index contributed by atoms with van der Waals surface area (Å²) >= 11 is 0. The van der Waals surface area contributed by atoms with Crippen LogP contribution >= 0.6 is 0 Å². The molecular formula is C10H22N2O3S. The van der Waals surface area contributed by atoms with Gasteiger partial charge >= 0.3 is 0 Å². The third-order valence-electron chi connectivity index (χ3n) is 3.14. The summed E-state index contributed by atoms with van der Waals surface area (Å²) in [5.74, 6) is 0. The maximum absolute atomic E-state index is 12.2. The molecule has 16 heavy (non-hydrogen) atoms. The Labute approximate surface area is 98.2 Å². The lowest BCUT2D eigenvalue weighted by Gasteiger charge is -2.29. The third kappa shape index (κ3) is 3.16. The maximum Gasteiger partial charge on any atom is 0.282 e. The number of hydrogen-bond acceptors (Lipinski definition) is 3. The molecule has 0 radical (unpaired) electrons. The monoisotopic (exact) mass is 250 g/mol. The molecule has 1 heterocycles. The second-order valence-electron chi connectivity index (χ2n) is 4.37. The summed E-state index contributed by atoms with van der Waals surface area (Å²) < 4.78 is 27.2. The Bertz CT molecular complexity index is 297. The molecule has 1 saturated heterocycles. The standard InChI is InChI=1S/C10H22N2O3S/c1-10(9-13)11(2)16(14,15)12-7-5-3-4-6-8-12/h10,13H,3-9H2,1-2H3. The van der Waals surface area contributed by atoms with Gasteiger partial charge in [0.1, 0.15) is 0 Å². The van der Waals surface area contributed by atoms with E-state index in [1.54, 1.807) is 6.92 Å². The normalized spacial score (nSPS) is 22.0. The van der Waals surface area contributed by atoms with Gasteiger partial charge in [0.2, 0.25) is 0 Å². The zero-order chi connectivity index (χ0) is 12.2. The van der Waals surface area contributed by atoms with E-state index in [0.717, 1.165) is 25.7 Å². The van der Waals surface area contributed by atoms with Gasteiger partial charge in [-0.25, -0.2) is 0 Å². The van der Waals surface area contributed by atoms with E-state index in [1.165, 1.54) is 15.7 Å². The minimum atomic E-state index is -3.39. The van der Waals surface area contributed by atoms with E-state index in [2.05, 4.69) is 0 Å². The molecule has 1 aliphatic rings. The maximum atomic E-state index is 12.2. The van der Waals surface area contributed by atoms with Crippen molar-refractivity contribution in [3.8, 4) is 0 Å². The first kappa shape index (κ1) is 13.9. The topological polar surface area (TPSA) is 60.9 Å². The van der Waals surface area contributed by atoms with Gasteiger partial charge in [0, 0.05) is 26.2 Å². The van der Waals surface area contributed by atoms with Crippen LogP contribution in [0.3, 0.4) is 0 Å². The predicted octanol–water partition coefficient (Wildman–Crippen LogP) is 0.420. The molecule has 1 N–H and O–H groups in total. The molecule has 1 fully saturated rings. The minimum absolute atomic E-state index is 0.149. The summed E-state index contributed by atoms with van der Waals surface area (Å²) in [6, 6.07) is -0.367. The zero-order valence-electron chi connectivity index (χ0n) is 10.1. The quantitative estimate of drug-likeness (QED) is 0.786. The van der Waals surface area contributed by atoms with Crippen molar-refractivity contribution in [3.05, 3.63) is 0 Å². The summed E-state index contributed by atoms with van der Waals surface area (Å²) in [5.41, 5.74) is 0. The van der Waals surface area contributed by atoms with Crippen LogP contribution in [0, 0.1) is 0 Å². The highest BCUT2D eigenvalue weighted by molar-refractivity contribution is 7.86. The van der Waals surface area contributed by atoms with Crippen LogP contribution in [0.25, 0.3) is 0 Å². The van der Waals surface area contributed by atoms with E-state index >= 15 is 0 Å². The van der Waals surface area contributed by atoms with Crippen LogP contribution < -0.4 is 0 Å². The molecule has 0 spiro atoms. The number of likely N-dealkylation sites (N-methyl/N-ethyl adjacent to an activating group) is 1. The fraction of sp³-hybridized carbons (Fsp3) is 1.00. The molecule has 1 atom stereocenters. The van der Waals surface area contributed by atoms with Crippen molar-refractivity contribution in [2.24, 2.45) is 0 Å². The Balaban J connectivity index is 2.74. The van der Waals surface area contributed by atoms with Crippen LogP contribution in [0.15, 0.2) is 0 Å². The van der Waals surface area contributed by atoms with Crippen molar-refractivity contribution in [1.29, 1.82) is 0 Å². The first-order chi connectivity index (χ1) is 7.50. The van der Waals surface area contributed by atoms with E-state index in [1.807, 2.05) is 0 Å². The molecule has 1 aliphatic heterocycles. The Morgan fingerprint density at radius 2 is 1.75 bits per heavy atom. The van der Waals surface area contributed by atoms with Crippen LogP contribution in [0.2, 0.25) is 0 Å². The van der Waals surface area contributed by atoms with Gasteiger partial charge in [0.15, 0.2) is 0 Å². The van der Waals surface area contributed by atoms with Crippen molar-refractivity contribution in [2.75, 3.05) is 26.7 Å². The molecule has 5 nitrogen and oxygen atoms in total. The van der Waals surface area contributed by atoms with Crippen LogP contribution in [-0.2, 0) is 10.2 Å². The summed E-state index contributed by atoms with van der Waals surface area (Å²) in [7, 11) is -1.86. The Hall–Kier alpha value is -0.170. The van der Waals surface area contributed by atoms with Gasteiger partial charge in [0.05, 0.1) is 6.61 Å². The van der Waals surface area contributed by atoms with Gasteiger partial charge < -0.3 is 5.11 Å². The van der Waals surface area contributed by atoms with Crippen molar-refractivity contribution in [3.63, 3.8) is 0 Å².